The van der Waals surface area contributed by atoms with Gasteiger partial charge in [-0.15, -0.1) is 0 Å². The molecule has 2 aromatic heterocycles. The quantitative estimate of drug-likeness (QED) is 0.281. The second-order valence-electron chi connectivity index (χ2n) is 6.48. The minimum atomic E-state index is -1.33. The van der Waals surface area contributed by atoms with Crippen molar-refractivity contribution in [2.24, 2.45) is 0 Å². The van der Waals surface area contributed by atoms with Crippen LogP contribution in [-0.4, -0.2) is 32.3 Å². The van der Waals surface area contributed by atoms with Gasteiger partial charge in [0.15, 0.2) is 0 Å². The predicted molar refractivity (Wildman–Crippen MR) is 117 cm³/mol. The van der Waals surface area contributed by atoms with Crippen molar-refractivity contribution in [3.05, 3.63) is 61.5 Å². The van der Waals surface area contributed by atoms with Crippen LogP contribution in [0.3, 0.4) is 0 Å². The van der Waals surface area contributed by atoms with Gasteiger partial charge in [-0.05, 0) is 59.3 Å². The van der Waals surface area contributed by atoms with Crippen LogP contribution in [0.25, 0.3) is 22.0 Å². The Morgan fingerprint density at radius 1 is 1.31 bits per heavy atom. The minimum Gasteiger partial charge on any atom is -0.477 e. The molecule has 0 fully saturated rings. The number of anilines is 2. The number of rotatable bonds is 5. The molecule has 29 heavy (non-hydrogen) atoms. The third-order valence-corrected chi connectivity index (χ3v) is 5.32. The average Bonchev–Trinajstić information content (AvgIpc) is 2.97. The van der Waals surface area contributed by atoms with E-state index in [0.717, 1.165) is 9.26 Å². The molecule has 2 heterocycles. The zero-order valence-electron chi connectivity index (χ0n) is 15.3. The van der Waals surface area contributed by atoms with E-state index in [9.17, 15) is 19.8 Å². The smallest absolute Gasteiger partial charge is 0.351 e. The summed E-state index contributed by atoms with van der Waals surface area (Å²) in [5.41, 5.74) is 1.40. The first kappa shape index (κ1) is 19.4. The lowest BCUT2D eigenvalue weighted by Crippen LogP contribution is -2.15. The number of aryl methyl sites for hydroxylation is 1. The summed E-state index contributed by atoms with van der Waals surface area (Å²) >= 11 is 2.22. The van der Waals surface area contributed by atoms with E-state index < -0.39 is 11.6 Å². The number of nitrogens with one attached hydrogen (secondary N) is 1. The number of carboxylic acids is 1. The number of aliphatic hydroxyl groups excluding tert-OH is 1. The van der Waals surface area contributed by atoms with Crippen molar-refractivity contribution in [2.75, 3.05) is 11.9 Å². The predicted octanol–water partition coefficient (Wildman–Crippen LogP) is 3.49. The van der Waals surface area contributed by atoms with Gasteiger partial charge in [0.25, 0.3) is 0 Å². The van der Waals surface area contributed by atoms with Gasteiger partial charge in [-0.2, -0.15) is 0 Å². The second kappa shape index (κ2) is 7.48. The van der Waals surface area contributed by atoms with Crippen LogP contribution in [0.1, 0.15) is 15.9 Å². The van der Waals surface area contributed by atoms with Gasteiger partial charge in [0.05, 0.1) is 17.6 Å². The summed E-state index contributed by atoms with van der Waals surface area (Å²) in [5.74, 6) is -0.810. The highest BCUT2D eigenvalue weighted by Crippen LogP contribution is 2.29. The molecule has 0 aliphatic carbocycles. The van der Waals surface area contributed by atoms with Crippen molar-refractivity contribution < 1.29 is 19.4 Å². The molecule has 148 valence electrons. The maximum Gasteiger partial charge on any atom is 0.351 e. The molecule has 0 atom stereocenters. The summed E-state index contributed by atoms with van der Waals surface area (Å²) in [7, 11) is 0. The molecule has 0 spiro atoms. The molecule has 8 nitrogen and oxygen atoms in total. The van der Waals surface area contributed by atoms with Gasteiger partial charge in [0.2, 0.25) is 5.95 Å². The summed E-state index contributed by atoms with van der Waals surface area (Å²) in [6, 6.07) is 11.1. The van der Waals surface area contributed by atoms with Crippen LogP contribution < -0.4 is 10.9 Å². The van der Waals surface area contributed by atoms with Crippen LogP contribution in [0, 0.1) is 10.5 Å². The van der Waals surface area contributed by atoms with Gasteiger partial charge in [-0.1, -0.05) is 6.07 Å². The zero-order valence-corrected chi connectivity index (χ0v) is 17.4. The maximum atomic E-state index is 12.1. The van der Waals surface area contributed by atoms with Gasteiger partial charge in [0.1, 0.15) is 11.1 Å². The molecule has 2 aromatic carbocycles. The molecule has 0 saturated carbocycles. The monoisotopic (exact) mass is 505 g/mol. The number of hydrogen-bond acceptors (Lipinski definition) is 6. The molecule has 0 aliphatic heterocycles. The van der Waals surface area contributed by atoms with Gasteiger partial charge in [-0.3, -0.25) is 0 Å². The molecular weight excluding hydrogens is 489 g/mol. The summed E-state index contributed by atoms with van der Waals surface area (Å²) in [6.07, 6.45) is 0. The number of nitrogens with zero attached hydrogens (tertiary/aromatic N) is 2. The lowest BCUT2D eigenvalue weighted by atomic mass is 10.1. The Morgan fingerprint density at radius 2 is 2.10 bits per heavy atom. The van der Waals surface area contributed by atoms with Crippen molar-refractivity contribution in [3.8, 4) is 0 Å². The standard InChI is InChI=1S/C20H16IN3O5/c1-10-13-8-14-15(9-16(13)29-19(28)17(10)18(26)27)24(5-6-25)20(23-14)22-12-4-2-3-11(21)7-12/h2-4,7-9,25H,5-6H2,1H3,(H,22,23)(H,26,27). The van der Waals surface area contributed by atoms with Crippen molar-refractivity contribution in [1.82, 2.24) is 9.55 Å². The molecule has 0 radical (unpaired) electrons. The molecule has 4 rings (SSSR count). The third-order valence-electron chi connectivity index (χ3n) is 4.65. The Kier molecular flexibility index (Phi) is 5.01. The molecule has 3 N–H and O–H groups in total. The highest BCUT2D eigenvalue weighted by molar-refractivity contribution is 14.1. The number of hydrogen-bond donors (Lipinski definition) is 3. The van der Waals surface area contributed by atoms with Crippen LogP contribution in [0.4, 0.5) is 11.6 Å². The van der Waals surface area contributed by atoms with Crippen molar-refractivity contribution in [2.45, 2.75) is 13.5 Å². The van der Waals surface area contributed by atoms with Gasteiger partial charge in [-0.25, -0.2) is 14.6 Å². The number of fused-ring (bicyclic) bond motifs is 2. The average molecular weight is 505 g/mol. The zero-order chi connectivity index (χ0) is 20.7. The Balaban J connectivity index is 1.95. The van der Waals surface area contributed by atoms with Crippen LogP contribution in [0.2, 0.25) is 0 Å². The number of carbonyl (C=O) groups is 1. The van der Waals surface area contributed by atoms with Crippen LogP contribution in [0.5, 0.6) is 0 Å². The number of aromatic nitrogens is 2. The van der Waals surface area contributed by atoms with Crippen LogP contribution in [-0.2, 0) is 6.54 Å². The fourth-order valence-corrected chi connectivity index (χ4v) is 3.88. The van der Waals surface area contributed by atoms with Gasteiger partial charge in [0, 0.05) is 27.3 Å². The Hall–Kier alpha value is -2.92. The Bertz CT molecular complexity index is 1330. The number of imidazole rings is 1. The lowest BCUT2D eigenvalue weighted by Gasteiger charge is -2.10. The summed E-state index contributed by atoms with van der Waals surface area (Å²) in [6.45, 7) is 1.75. The number of carboxylic acid groups (broad SMARTS) is 1. The molecule has 0 saturated heterocycles. The first-order chi connectivity index (χ1) is 13.9. The van der Waals surface area contributed by atoms with Crippen molar-refractivity contribution in [3.63, 3.8) is 0 Å². The third kappa shape index (κ3) is 3.47. The first-order valence-electron chi connectivity index (χ1n) is 8.73. The van der Waals surface area contributed by atoms with E-state index in [1.54, 1.807) is 23.6 Å². The SMILES string of the molecule is Cc1c(C(=O)O)c(=O)oc2cc3c(cc12)nc(Nc1cccc(I)c1)n3CCO. The lowest BCUT2D eigenvalue weighted by molar-refractivity contribution is 0.0691. The highest BCUT2D eigenvalue weighted by Gasteiger charge is 2.20. The number of aromatic carboxylic acids is 1. The molecule has 0 aliphatic rings. The molecule has 0 unspecified atom stereocenters. The molecule has 4 aromatic rings. The van der Waals surface area contributed by atoms with Crippen molar-refractivity contribution >= 4 is 62.2 Å². The fourth-order valence-electron chi connectivity index (χ4n) is 3.33. The largest absolute Gasteiger partial charge is 0.477 e. The fraction of sp³-hybridized carbons (Fsp3) is 0.150. The van der Waals surface area contributed by atoms with E-state index in [-0.39, 0.29) is 24.3 Å². The van der Waals surface area contributed by atoms with E-state index in [1.807, 2.05) is 24.3 Å². The number of halogens is 1. The van der Waals surface area contributed by atoms with Gasteiger partial charge < -0.3 is 24.5 Å². The molecule has 0 bridgehead atoms. The first-order valence-corrected chi connectivity index (χ1v) is 9.81. The van der Waals surface area contributed by atoms with E-state index in [1.165, 1.54) is 0 Å². The second-order valence-corrected chi connectivity index (χ2v) is 7.72. The van der Waals surface area contributed by atoms with Crippen molar-refractivity contribution in [1.29, 1.82) is 0 Å². The summed E-state index contributed by atoms with van der Waals surface area (Å²) < 4.78 is 8.10. The van der Waals surface area contributed by atoms with Crippen LogP contribution >= 0.6 is 22.6 Å². The van der Waals surface area contributed by atoms with E-state index in [4.69, 9.17) is 4.42 Å². The van der Waals surface area contributed by atoms with E-state index in [0.29, 0.717) is 27.9 Å². The van der Waals surface area contributed by atoms with E-state index >= 15 is 0 Å². The topological polar surface area (TPSA) is 118 Å². The maximum absolute atomic E-state index is 12.1. The molecular formula is C20H16IN3O5. The van der Waals surface area contributed by atoms with Gasteiger partial charge >= 0.3 is 11.6 Å². The minimum absolute atomic E-state index is 0.106. The normalized spacial score (nSPS) is 11.3. The Labute approximate surface area is 177 Å². The number of benzene rings is 2. The summed E-state index contributed by atoms with van der Waals surface area (Å²) in [5, 5.41) is 22.6. The molecule has 0 amide bonds. The van der Waals surface area contributed by atoms with E-state index in [2.05, 4.69) is 32.9 Å². The highest BCUT2D eigenvalue weighted by atomic mass is 127. The number of aliphatic hydroxyl groups is 1. The Morgan fingerprint density at radius 3 is 2.79 bits per heavy atom. The molecule has 9 heteroatoms. The van der Waals surface area contributed by atoms with Crippen LogP contribution in [0.15, 0.2) is 45.6 Å². The summed E-state index contributed by atoms with van der Waals surface area (Å²) in [4.78, 5) is 28.1.